The van der Waals surface area contributed by atoms with Gasteiger partial charge in [0, 0.05) is 19.3 Å². The van der Waals surface area contributed by atoms with Crippen LogP contribution in [0.3, 0.4) is 0 Å². The van der Waals surface area contributed by atoms with Crippen molar-refractivity contribution in [2.45, 2.75) is 386 Å². The fourth-order valence-electron chi connectivity index (χ4n) is 10.7. The van der Waals surface area contributed by atoms with Gasteiger partial charge < -0.3 is 14.2 Å². The van der Waals surface area contributed by atoms with Crippen LogP contribution in [-0.2, 0) is 28.6 Å². The first-order valence-corrected chi connectivity index (χ1v) is 36.4. The molecule has 0 aliphatic heterocycles. The highest BCUT2D eigenvalue weighted by Crippen LogP contribution is 2.18. The van der Waals surface area contributed by atoms with Crippen LogP contribution >= 0.6 is 0 Å². The molecule has 0 amide bonds. The van der Waals surface area contributed by atoms with Gasteiger partial charge in [0.15, 0.2) is 6.10 Å². The molecule has 0 fully saturated rings. The van der Waals surface area contributed by atoms with E-state index < -0.39 is 6.10 Å². The van der Waals surface area contributed by atoms with Crippen molar-refractivity contribution in [2.75, 3.05) is 13.2 Å². The van der Waals surface area contributed by atoms with Crippen LogP contribution in [0.4, 0.5) is 0 Å². The summed E-state index contributed by atoms with van der Waals surface area (Å²) in [6.07, 6.45) is 93.7. The molecule has 0 aromatic heterocycles. The van der Waals surface area contributed by atoms with Crippen LogP contribution in [0.25, 0.3) is 0 Å². The summed E-state index contributed by atoms with van der Waals surface area (Å²) in [5.74, 6) is -0.874. The van der Waals surface area contributed by atoms with E-state index in [2.05, 4.69) is 93.7 Å². The van der Waals surface area contributed by atoms with E-state index >= 15 is 0 Å². The minimum Gasteiger partial charge on any atom is -0.462 e. The molecular formula is C77H138O6. The first-order valence-electron chi connectivity index (χ1n) is 36.4. The highest BCUT2D eigenvalue weighted by Gasteiger charge is 2.19. The molecule has 0 heterocycles. The number of hydrogen-bond donors (Lipinski definition) is 0. The second kappa shape index (κ2) is 71.3. The third-order valence-corrected chi connectivity index (χ3v) is 16.1. The summed E-state index contributed by atoms with van der Waals surface area (Å²) in [7, 11) is 0. The Hall–Kier alpha value is -3.15. The first kappa shape index (κ1) is 79.8. The summed E-state index contributed by atoms with van der Waals surface area (Å²) in [6, 6.07) is 0. The third kappa shape index (κ3) is 69.5. The quantitative estimate of drug-likeness (QED) is 0.0261. The van der Waals surface area contributed by atoms with E-state index in [4.69, 9.17) is 14.2 Å². The van der Waals surface area contributed by atoms with Crippen LogP contribution in [-0.4, -0.2) is 37.2 Å². The predicted molar refractivity (Wildman–Crippen MR) is 362 cm³/mol. The smallest absolute Gasteiger partial charge is 0.306 e. The van der Waals surface area contributed by atoms with Gasteiger partial charge in [-0.2, -0.15) is 0 Å². The van der Waals surface area contributed by atoms with Gasteiger partial charge in [-0.05, 0) is 109 Å². The van der Waals surface area contributed by atoms with Crippen molar-refractivity contribution < 1.29 is 28.6 Å². The van der Waals surface area contributed by atoms with E-state index in [1.54, 1.807) is 0 Å². The van der Waals surface area contributed by atoms with E-state index in [1.807, 2.05) is 0 Å². The Bertz CT molecular complexity index is 1520. The number of carbonyl (C=O) groups is 3. The summed E-state index contributed by atoms with van der Waals surface area (Å²) in [4.78, 5) is 38.5. The average molecular weight is 1160 g/mol. The standard InChI is InChI=1S/C77H138O6/c1-4-7-10-13-16-19-22-25-27-29-31-33-35-37-38-40-41-43-45-47-49-52-55-58-61-64-67-70-76(79)82-73-74(72-81-75(78)69-66-63-60-57-54-51-24-21-18-15-12-9-6-3)83-77(80)71-68-65-62-59-56-53-50-48-46-44-42-39-36-34-32-30-28-26-23-20-17-14-11-8-5-2/h12,15,21-22,24-25,29-32,35,37,74H,4-11,13-14,16-20,23,26-28,33-34,36,38-73H2,1-3H3/b15-12-,24-21-,25-22-,31-29-,32-30-,37-35-. The van der Waals surface area contributed by atoms with Crippen molar-refractivity contribution in [1.29, 1.82) is 0 Å². The molecule has 0 saturated carbocycles. The Labute approximate surface area is 516 Å². The lowest BCUT2D eigenvalue weighted by Crippen LogP contribution is -2.30. The summed E-state index contributed by atoms with van der Waals surface area (Å²) >= 11 is 0. The molecule has 0 aliphatic carbocycles. The van der Waals surface area contributed by atoms with Gasteiger partial charge in [-0.15, -0.1) is 0 Å². The fraction of sp³-hybridized carbons (Fsp3) is 0.805. The molecule has 1 unspecified atom stereocenters. The van der Waals surface area contributed by atoms with Gasteiger partial charge in [0.2, 0.25) is 0 Å². The molecule has 0 aromatic carbocycles. The largest absolute Gasteiger partial charge is 0.462 e. The number of ether oxygens (including phenoxy) is 3. The molecule has 1 atom stereocenters. The lowest BCUT2D eigenvalue weighted by Gasteiger charge is -2.18. The van der Waals surface area contributed by atoms with E-state index in [1.165, 1.54) is 244 Å². The lowest BCUT2D eigenvalue weighted by molar-refractivity contribution is -0.167. The molecule has 0 aliphatic rings. The Balaban J connectivity index is 4.25. The van der Waals surface area contributed by atoms with E-state index in [9.17, 15) is 14.4 Å². The molecule has 6 heteroatoms. The zero-order chi connectivity index (χ0) is 59.9. The Morgan fingerprint density at radius 3 is 0.735 bits per heavy atom. The molecule has 0 N–H and O–H groups in total. The second-order valence-corrected chi connectivity index (χ2v) is 24.5. The number of unbranched alkanes of at least 4 members (excludes halogenated alkanes) is 44. The van der Waals surface area contributed by atoms with E-state index in [0.29, 0.717) is 19.3 Å². The van der Waals surface area contributed by atoms with E-state index in [0.717, 1.165) is 96.3 Å². The van der Waals surface area contributed by atoms with Gasteiger partial charge >= 0.3 is 17.9 Å². The normalized spacial score (nSPS) is 12.5. The summed E-state index contributed by atoms with van der Waals surface area (Å²) in [6.45, 7) is 6.60. The number of carbonyl (C=O) groups excluding carboxylic acids is 3. The van der Waals surface area contributed by atoms with Gasteiger partial charge in [-0.3, -0.25) is 14.4 Å². The minimum absolute atomic E-state index is 0.0783. The SMILES string of the molecule is CCC/C=C\C/C=C\CCCCCCCC(=O)OCC(COC(=O)CCCCCCCCCCCCCC/C=C\C/C=C\C/C=C\CCCCCCC)OC(=O)CCCCCCCCCCCCCCC/C=C\CCCCCCCCCC. The van der Waals surface area contributed by atoms with Gasteiger partial charge in [0.05, 0.1) is 0 Å². The van der Waals surface area contributed by atoms with Crippen LogP contribution in [0.5, 0.6) is 0 Å². The van der Waals surface area contributed by atoms with Crippen molar-refractivity contribution in [2.24, 2.45) is 0 Å². The summed E-state index contributed by atoms with van der Waals surface area (Å²) in [5, 5.41) is 0. The maximum atomic E-state index is 13.0. The van der Waals surface area contributed by atoms with Gasteiger partial charge in [0.25, 0.3) is 0 Å². The average Bonchev–Trinajstić information content (AvgIpc) is 3.49. The highest BCUT2D eigenvalue weighted by atomic mass is 16.6. The third-order valence-electron chi connectivity index (χ3n) is 16.1. The maximum absolute atomic E-state index is 13.0. The molecule has 0 spiro atoms. The van der Waals surface area contributed by atoms with Gasteiger partial charge in [-0.1, -0.05) is 325 Å². The lowest BCUT2D eigenvalue weighted by atomic mass is 10.0. The number of esters is 3. The van der Waals surface area contributed by atoms with Crippen molar-refractivity contribution >= 4 is 17.9 Å². The molecule has 0 aromatic rings. The topological polar surface area (TPSA) is 78.9 Å². The van der Waals surface area contributed by atoms with E-state index in [-0.39, 0.29) is 31.1 Å². The second-order valence-electron chi connectivity index (χ2n) is 24.5. The Kier molecular flexibility index (Phi) is 68.6. The molecule has 0 saturated heterocycles. The van der Waals surface area contributed by atoms with Crippen molar-refractivity contribution in [1.82, 2.24) is 0 Å². The van der Waals surface area contributed by atoms with Crippen LogP contribution in [0.15, 0.2) is 72.9 Å². The van der Waals surface area contributed by atoms with Crippen LogP contribution in [0, 0.1) is 0 Å². The molecule has 83 heavy (non-hydrogen) atoms. The van der Waals surface area contributed by atoms with Crippen molar-refractivity contribution in [3.8, 4) is 0 Å². The first-order chi connectivity index (χ1) is 41.0. The maximum Gasteiger partial charge on any atom is 0.306 e. The number of allylic oxidation sites excluding steroid dienone is 12. The minimum atomic E-state index is -0.783. The summed E-state index contributed by atoms with van der Waals surface area (Å²) in [5.41, 5.74) is 0. The van der Waals surface area contributed by atoms with Gasteiger partial charge in [-0.25, -0.2) is 0 Å². The Morgan fingerprint density at radius 2 is 0.458 bits per heavy atom. The zero-order valence-corrected chi connectivity index (χ0v) is 55.5. The molecular weight excluding hydrogens is 1020 g/mol. The molecule has 0 rings (SSSR count). The van der Waals surface area contributed by atoms with Crippen LogP contribution in [0.2, 0.25) is 0 Å². The Morgan fingerprint density at radius 1 is 0.241 bits per heavy atom. The van der Waals surface area contributed by atoms with Crippen molar-refractivity contribution in [3.05, 3.63) is 72.9 Å². The number of hydrogen-bond acceptors (Lipinski definition) is 6. The predicted octanol–water partition coefficient (Wildman–Crippen LogP) is 25.2. The monoisotopic (exact) mass is 1160 g/mol. The highest BCUT2D eigenvalue weighted by molar-refractivity contribution is 5.71. The summed E-state index contributed by atoms with van der Waals surface area (Å²) < 4.78 is 17.0. The number of rotatable bonds is 67. The molecule has 482 valence electrons. The fourth-order valence-corrected chi connectivity index (χ4v) is 10.7. The van der Waals surface area contributed by atoms with Crippen LogP contribution < -0.4 is 0 Å². The van der Waals surface area contributed by atoms with Crippen molar-refractivity contribution in [3.63, 3.8) is 0 Å². The molecule has 0 radical (unpaired) electrons. The zero-order valence-electron chi connectivity index (χ0n) is 55.5. The van der Waals surface area contributed by atoms with Gasteiger partial charge in [0.1, 0.15) is 13.2 Å². The molecule has 0 bridgehead atoms. The van der Waals surface area contributed by atoms with Crippen LogP contribution in [0.1, 0.15) is 380 Å². The molecule has 6 nitrogen and oxygen atoms in total.